The predicted molar refractivity (Wildman–Crippen MR) is 81.9 cm³/mol. The topological polar surface area (TPSA) is 74.2 Å². The molecule has 1 aromatic heterocycles. The van der Waals surface area contributed by atoms with Gasteiger partial charge in [-0.25, -0.2) is 0 Å². The smallest absolute Gasteiger partial charge is 0.233 e. The lowest BCUT2D eigenvalue weighted by molar-refractivity contribution is -0.0891. The second-order valence-corrected chi connectivity index (χ2v) is 6.67. The zero-order valence-corrected chi connectivity index (χ0v) is 13.8. The minimum atomic E-state index is -0.378. The van der Waals surface area contributed by atoms with Gasteiger partial charge in [0.15, 0.2) is 0 Å². The minimum absolute atomic E-state index is 0.251. The molecule has 1 heterocycles. The Hall–Kier alpha value is -0.940. The van der Waals surface area contributed by atoms with Crippen molar-refractivity contribution >= 4 is 0 Å². The van der Waals surface area contributed by atoms with E-state index in [1.54, 1.807) is 0 Å². The van der Waals surface area contributed by atoms with Crippen molar-refractivity contribution in [2.45, 2.75) is 70.8 Å². The Morgan fingerprint density at radius 2 is 2.24 bits per heavy atom. The van der Waals surface area contributed by atoms with Gasteiger partial charge in [0, 0.05) is 13.2 Å². The van der Waals surface area contributed by atoms with Gasteiger partial charge in [-0.2, -0.15) is 4.98 Å². The van der Waals surface area contributed by atoms with Crippen molar-refractivity contribution in [3.8, 4) is 0 Å². The van der Waals surface area contributed by atoms with E-state index < -0.39 is 0 Å². The molecule has 1 saturated carbocycles. The molecule has 0 aromatic carbocycles. The number of hydrogen-bond acceptors (Lipinski definition) is 5. The van der Waals surface area contributed by atoms with E-state index in [2.05, 4.69) is 25.9 Å². The van der Waals surface area contributed by atoms with Gasteiger partial charge in [0.05, 0.1) is 5.41 Å². The van der Waals surface area contributed by atoms with Gasteiger partial charge in [-0.05, 0) is 45.4 Å². The fourth-order valence-electron chi connectivity index (χ4n) is 3.21. The Morgan fingerprint density at radius 3 is 2.81 bits per heavy atom. The van der Waals surface area contributed by atoms with E-state index in [1.807, 2.05) is 6.92 Å². The summed E-state index contributed by atoms with van der Waals surface area (Å²) in [5.74, 6) is 1.97. The van der Waals surface area contributed by atoms with Crippen molar-refractivity contribution in [3.63, 3.8) is 0 Å². The van der Waals surface area contributed by atoms with Crippen LogP contribution in [0.4, 0.5) is 0 Å². The van der Waals surface area contributed by atoms with Crippen molar-refractivity contribution < 1.29 is 9.26 Å². The summed E-state index contributed by atoms with van der Waals surface area (Å²) < 4.78 is 11.7. The first kappa shape index (κ1) is 16.4. The quantitative estimate of drug-likeness (QED) is 0.872. The van der Waals surface area contributed by atoms with Gasteiger partial charge in [0.2, 0.25) is 11.7 Å². The lowest BCUT2D eigenvalue weighted by atomic mass is 9.78. The van der Waals surface area contributed by atoms with E-state index in [-0.39, 0.29) is 11.0 Å². The summed E-state index contributed by atoms with van der Waals surface area (Å²) in [5, 5.41) is 4.26. The highest BCUT2D eigenvalue weighted by molar-refractivity contribution is 5.09. The zero-order chi connectivity index (χ0) is 15.5. The van der Waals surface area contributed by atoms with E-state index >= 15 is 0 Å². The molecular weight excluding hydrogens is 266 g/mol. The number of aromatic nitrogens is 2. The van der Waals surface area contributed by atoms with Crippen LogP contribution in [0.15, 0.2) is 4.52 Å². The first-order chi connectivity index (χ1) is 9.99. The molecule has 0 bridgehead atoms. The van der Waals surface area contributed by atoms with E-state index in [9.17, 15) is 0 Å². The second kappa shape index (κ2) is 6.44. The summed E-state index contributed by atoms with van der Waals surface area (Å²) in [6.45, 7) is 9.63. The van der Waals surface area contributed by atoms with Gasteiger partial charge in [0.1, 0.15) is 5.60 Å². The van der Waals surface area contributed by atoms with Crippen LogP contribution in [0, 0.1) is 5.92 Å². The minimum Gasteiger partial charge on any atom is -0.367 e. The number of rotatable bonds is 6. The molecule has 0 amide bonds. The second-order valence-electron chi connectivity index (χ2n) is 6.67. The normalized spacial score (nSPS) is 29.3. The first-order valence-electron chi connectivity index (χ1n) is 8.18. The van der Waals surface area contributed by atoms with Crippen LogP contribution in [0.25, 0.3) is 0 Å². The summed E-state index contributed by atoms with van der Waals surface area (Å²) in [6.07, 6.45) is 5.20. The molecule has 2 rings (SSSR count). The lowest BCUT2D eigenvalue weighted by Crippen LogP contribution is -2.37. The number of nitrogens with two attached hydrogens (primary N) is 1. The highest BCUT2D eigenvalue weighted by atomic mass is 16.5. The Labute approximate surface area is 127 Å². The molecule has 3 unspecified atom stereocenters. The molecule has 5 heteroatoms. The highest BCUT2D eigenvalue weighted by Crippen LogP contribution is 2.42. The maximum absolute atomic E-state index is 6.10. The average molecular weight is 295 g/mol. The van der Waals surface area contributed by atoms with E-state index in [0.29, 0.717) is 30.8 Å². The third kappa shape index (κ3) is 3.14. The number of nitrogens with zero attached hydrogens (tertiary/aromatic N) is 2. The molecule has 0 saturated heterocycles. The van der Waals surface area contributed by atoms with Gasteiger partial charge in [-0.15, -0.1) is 0 Å². The molecule has 0 radical (unpaired) electrons. The molecule has 1 fully saturated rings. The van der Waals surface area contributed by atoms with E-state index in [1.165, 1.54) is 6.42 Å². The molecule has 1 aliphatic rings. The van der Waals surface area contributed by atoms with Gasteiger partial charge in [-0.3, -0.25) is 0 Å². The Balaban J connectivity index is 2.32. The fraction of sp³-hybridized carbons (Fsp3) is 0.875. The van der Waals surface area contributed by atoms with Gasteiger partial charge in [-0.1, -0.05) is 25.4 Å². The summed E-state index contributed by atoms with van der Waals surface area (Å²) in [4.78, 5) is 4.69. The van der Waals surface area contributed by atoms with Crippen LogP contribution >= 0.6 is 0 Å². The largest absolute Gasteiger partial charge is 0.367 e. The maximum Gasteiger partial charge on any atom is 0.233 e. The Morgan fingerprint density at radius 1 is 1.48 bits per heavy atom. The molecule has 3 atom stereocenters. The Bertz CT molecular complexity index is 452. The van der Waals surface area contributed by atoms with Crippen LogP contribution in [0.5, 0.6) is 0 Å². The fourth-order valence-corrected chi connectivity index (χ4v) is 3.21. The highest BCUT2D eigenvalue weighted by Gasteiger charge is 2.42. The first-order valence-corrected chi connectivity index (χ1v) is 8.18. The van der Waals surface area contributed by atoms with Crippen molar-refractivity contribution in [1.29, 1.82) is 0 Å². The molecule has 2 N–H and O–H groups in total. The van der Waals surface area contributed by atoms with Crippen molar-refractivity contribution in [1.82, 2.24) is 10.1 Å². The van der Waals surface area contributed by atoms with E-state index in [0.717, 1.165) is 25.7 Å². The average Bonchev–Trinajstić information content (AvgIpc) is 2.98. The molecule has 5 nitrogen and oxygen atoms in total. The maximum atomic E-state index is 6.10. The molecule has 1 aromatic rings. The van der Waals surface area contributed by atoms with Gasteiger partial charge >= 0.3 is 0 Å². The van der Waals surface area contributed by atoms with Crippen LogP contribution in [0.3, 0.4) is 0 Å². The Kier molecular flexibility index (Phi) is 5.04. The summed E-state index contributed by atoms with van der Waals surface area (Å²) >= 11 is 0. The molecule has 120 valence electrons. The molecule has 21 heavy (non-hydrogen) atoms. The zero-order valence-electron chi connectivity index (χ0n) is 13.8. The van der Waals surface area contributed by atoms with Crippen molar-refractivity contribution in [2.24, 2.45) is 11.7 Å². The third-order valence-corrected chi connectivity index (χ3v) is 4.96. The lowest BCUT2D eigenvalue weighted by Gasteiger charge is -2.37. The molecule has 1 aliphatic carbocycles. The standard InChI is InChI=1S/C16H29N3O2/c1-5-15(4,11-17)14-18-13(19-21-14)16(20-6-2)9-7-8-12(3)10-16/h12H,5-11,17H2,1-4H3. The van der Waals surface area contributed by atoms with Crippen molar-refractivity contribution in [2.75, 3.05) is 13.2 Å². The molecular formula is C16H29N3O2. The summed E-state index contributed by atoms with van der Waals surface area (Å²) in [6, 6.07) is 0. The van der Waals surface area contributed by atoms with Crippen LogP contribution in [0.2, 0.25) is 0 Å². The van der Waals surface area contributed by atoms with Crippen LogP contribution < -0.4 is 5.73 Å². The third-order valence-electron chi connectivity index (χ3n) is 4.96. The van der Waals surface area contributed by atoms with Crippen molar-refractivity contribution in [3.05, 3.63) is 11.7 Å². The van der Waals surface area contributed by atoms with Crippen LogP contribution in [-0.4, -0.2) is 23.3 Å². The summed E-state index contributed by atoms with van der Waals surface area (Å²) in [5.41, 5.74) is 5.26. The SMILES string of the molecule is CCOC1(c2noc(C(C)(CC)CN)n2)CCCC(C)C1. The van der Waals surface area contributed by atoms with Gasteiger partial charge in [0.25, 0.3) is 0 Å². The van der Waals surface area contributed by atoms with Gasteiger partial charge < -0.3 is 15.0 Å². The van der Waals surface area contributed by atoms with E-state index in [4.69, 9.17) is 20.0 Å². The predicted octanol–water partition coefficient (Wildman–Crippen LogP) is 3.14. The summed E-state index contributed by atoms with van der Waals surface area (Å²) in [7, 11) is 0. The van der Waals surface area contributed by atoms with Crippen LogP contribution in [-0.2, 0) is 15.8 Å². The van der Waals surface area contributed by atoms with Crippen LogP contribution in [0.1, 0.15) is 71.5 Å². The monoisotopic (exact) mass is 295 g/mol. The number of hydrogen-bond donors (Lipinski definition) is 1. The molecule has 0 aliphatic heterocycles. The number of ether oxygens (including phenoxy) is 1. The molecule has 0 spiro atoms.